The summed E-state index contributed by atoms with van der Waals surface area (Å²) in [4.78, 5) is 0. The Kier molecular flexibility index (Phi) is 3.18. The fourth-order valence-corrected chi connectivity index (χ4v) is 2.77. The highest BCUT2D eigenvalue weighted by Gasteiger charge is 2.23. The van der Waals surface area contributed by atoms with E-state index >= 15 is 0 Å². The highest BCUT2D eigenvalue weighted by Crippen LogP contribution is 2.37. The van der Waals surface area contributed by atoms with Crippen LogP contribution in [0.2, 0.25) is 0 Å². The topological polar surface area (TPSA) is 74.9 Å². The zero-order valence-electron chi connectivity index (χ0n) is 12.7. The maximum Gasteiger partial charge on any atom is 0.153 e. The first kappa shape index (κ1) is 14.5. The number of fused-ring (bicyclic) bond motifs is 1. The number of benzene rings is 2. The minimum atomic E-state index is -1.09. The molecule has 0 unspecified atom stereocenters. The number of aromatic nitrogens is 2. The van der Waals surface area contributed by atoms with E-state index < -0.39 is 5.60 Å². The number of aromatic amines is 1. The molecule has 2 aromatic carbocycles. The summed E-state index contributed by atoms with van der Waals surface area (Å²) in [6.07, 6.45) is 0. The fraction of sp³-hybridized carbons (Fsp3) is 0.235. The molecule has 5 heteroatoms. The van der Waals surface area contributed by atoms with Crippen molar-refractivity contribution >= 4 is 16.7 Å². The molecule has 0 amide bonds. The number of rotatable bonds is 2. The van der Waals surface area contributed by atoms with Crippen molar-refractivity contribution in [2.24, 2.45) is 0 Å². The SMILES string of the molecule is Cc1cc(-c2cc(F)ccc2C(C)(C)O)c2[nH]nc(N)c2c1. The molecule has 0 saturated heterocycles. The zero-order chi connectivity index (χ0) is 16.1. The van der Waals surface area contributed by atoms with E-state index in [-0.39, 0.29) is 5.82 Å². The van der Waals surface area contributed by atoms with Crippen LogP contribution in [0.4, 0.5) is 10.2 Å². The van der Waals surface area contributed by atoms with Crippen LogP contribution < -0.4 is 5.73 Å². The van der Waals surface area contributed by atoms with Crippen molar-refractivity contribution in [2.75, 3.05) is 5.73 Å². The van der Waals surface area contributed by atoms with Crippen molar-refractivity contribution in [3.63, 3.8) is 0 Å². The average molecular weight is 299 g/mol. The quantitative estimate of drug-likeness (QED) is 0.678. The molecule has 1 heterocycles. The summed E-state index contributed by atoms with van der Waals surface area (Å²) in [5.74, 6) is 0.0475. The third-order valence-electron chi connectivity index (χ3n) is 3.78. The van der Waals surface area contributed by atoms with Crippen molar-refractivity contribution in [1.82, 2.24) is 10.2 Å². The van der Waals surface area contributed by atoms with Crippen LogP contribution in [0, 0.1) is 12.7 Å². The van der Waals surface area contributed by atoms with Crippen molar-refractivity contribution in [1.29, 1.82) is 0 Å². The van der Waals surface area contributed by atoms with Crippen LogP contribution in [0.15, 0.2) is 30.3 Å². The second-order valence-corrected chi connectivity index (χ2v) is 6.09. The van der Waals surface area contributed by atoms with Gasteiger partial charge in [-0.2, -0.15) is 5.10 Å². The zero-order valence-corrected chi connectivity index (χ0v) is 12.7. The molecule has 1 aromatic heterocycles. The second kappa shape index (κ2) is 4.81. The van der Waals surface area contributed by atoms with Gasteiger partial charge in [-0.15, -0.1) is 0 Å². The Bertz CT molecular complexity index is 862. The van der Waals surface area contributed by atoms with Gasteiger partial charge in [0.25, 0.3) is 0 Å². The monoisotopic (exact) mass is 299 g/mol. The Labute approximate surface area is 127 Å². The standard InChI is InChI=1S/C17H18FN3O/c1-9-6-12(15-13(7-9)16(19)21-20-15)11-8-10(18)4-5-14(11)17(2,3)22/h4-8,22H,1-3H3,(H3,19,20,21). The van der Waals surface area contributed by atoms with Crippen molar-refractivity contribution in [3.8, 4) is 11.1 Å². The molecule has 0 atom stereocenters. The van der Waals surface area contributed by atoms with Crippen LogP contribution in [0.3, 0.4) is 0 Å². The number of anilines is 1. The highest BCUT2D eigenvalue weighted by atomic mass is 19.1. The molecule has 3 rings (SSSR count). The normalized spacial score (nSPS) is 12.0. The summed E-state index contributed by atoms with van der Waals surface area (Å²) in [7, 11) is 0. The number of nitrogens with one attached hydrogen (secondary N) is 1. The number of nitrogens with two attached hydrogens (primary N) is 1. The van der Waals surface area contributed by atoms with Gasteiger partial charge in [-0.25, -0.2) is 4.39 Å². The second-order valence-electron chi connectivity index (χ2n) is 6.09. The molecule has 0 fully saturated rings. The fourth-order valence-electron chi connectivity index (χ4n) is 2.77. The van der Waals surface area contributed by atoms with Gasteiger partial charge < -0.3 is 10.8 Å². The summed E-state index contributed by atoms with van der Waals surface area (Å²) in [6.45, 7) is 5.30. The van der Waals surface area contributed by atoms with Crippen molar-refractivity contribution in [3.05, 3.63) is 47.3 Å². The van der Waals surface area contributed by atoms with Gasteiger partial charge in [0.1, 0.15) is 5.82 Å². The molecular weight excluding hydrogens is 281 g/mol. The maximum absolute atomic E-state index is 13.8. The Morgan fingerprint density at radius 1 is 1.18 bits per heavy atom. The first-order valence-corrected chi connectivity index (χ1v) is 7.04. The maximum atomic E-state index is 13.8. The lowest BCUT2D eigenvalue weighted by Crippen LogP contribution is -2.17. The molecule has 0 aliphatic heterocycles. The number of aryl methyl sites for hydroxylation is 1. The smallest absolute Gasteiger partial charge is 0.153 e. The molecule has 0 bridgehead atoms. The predicted molar refractivity (Wildman–Crippen MR) is 85.9 cm³/mol. The van der Waals surface area contributed by atoms with Gasteiger partial charge >= 0.3 is 0 Å². The van der Waals surface area contributed by atoms with E-state index in [1.54, 1.807) is 19.9 Å². The minimum absolute atomic E-state index is 0.356. The van der Waals surface area contributed by atoms with Crippen molar-refractivity contribution < 1.29 is 9.50 Å². The van der Waals surface area contributed by atoms with Gasteiger partial charge in [-0.3, -0.25) is 5.10 Å². The van der Waals surface area contributed by atoms with E-state index in [1.807, 2.05) is 19.1 Å². The Morgan fingerprint density at radius 2 is 1.91 bits per heavy atom. The summed E-state index contributed by atoms with van der Waals surface area (Å²) < 4.78 is 13.8. The summed E-state index contributed by atoms with van der Waals surface area (Å²) in [5, 5.41) is 18.1. The largest absolute Gasteiger partial charge is 0.386 e. The number of hydrogen-bond acceptors (Lipinski definition) is 3. The van der Waals surface area contributed by atoms with E-state index in [9.17, 15) is 9.50 Å². The van der Waals surface area contributed by atoms with Crippen LogP contribution in [-0.4, -0.2) is 15.3 Å². The van der Waals surface area contributed by atoms with Gasteiger partial charge in [0.05, 0.1) is 11.1 Å². The summed E-state index contributed by atoms with van der Waals surface area (Å²) in [5.41, 5.74) is 8.56. The van der Waals surface area contributed by atoms with Gasteiger partial charge in [-0.05, 0) is 61.7 Å². The molecule has 0 saturated carbocycles. The number of nitrogens with zero attached hydrogens (tertiary/aromatic N) is 1. The van der Waals surface area contributed by atoms with Gasteiger partial charge in [0, 0.05) is 10.9 Å². The third kappa shape index (κ3) is 2.33. The van der Waals surface area contributed by atoms with E-state index in [4.69, 9.17) is 5.73 Å². The molecule has 4 nitrogen and oxygen atoms in total. The van der Waals surface area contributed by atoms with Crippen LogP contribution in [0.5, 0.6) is 0 Å². The van der Waals surface area contributed by atoms with Gasteiger partial charge in [0.2, 0.25) is 0 Å². The number of aliphatic hydroxyl groups is 1. The first-order chi connectivity index (χ1) is 10.3. The molecule has 0 radical (unpaired) electrons. The van der Waals surface area contributed by atoms with Crippen LogP contribution in [0.25, 0.3) is 22.0 Å². The molecular formula is C17H18FN3O. The lowest BCUT2D eigenvalue weighted by Gasteiger charge is -2.22. The minimum Gasteiger partial charge on any atom is -0.386 e. The predicted octanol–water partition coefficient (Wildman–Crippen LogP) is 3.49. The van der Waals surface area contributed by atoms with E-state index in [0.717, 1.165) is 22.0 Å². The lowest BCUT2D eigenvalue weighted by atomic mass is 9.88. The number of hydrogen-bond donors (Lipinski definition) is 3. The first-order valence-electron chi connectivity index (χ1n) is 7.04. The van der Waals surface area contributed by atoms with Gasteiger partial charge in [-0.1, -0.05) is 6.07 Å². The van der Waals surface area contributed by atoms with E-state index in [0.29, 0.717) is 16.9 Å². The Morgan fingerprint density at radius 3 is 2.59 bits per heavy atom. The van der Waals surface area contributed by atoms with Crippen LogP contribution in [0.1, 0.15) is 25.0 Å². The number of nitrogen functional groups attached to an aromatic ring is 1. The molecule has 114 valence electrons. The molecule has 0 aliphatic rings. The number of halogens is 1. The molecule has 0 spiro atoms. The summed E-state index contributed by atoms with van der Waals surface area (Å²) >= 11 is 0. The van der Waals surface area contributed by atoms with Crippen LogP contribution >= 0.6 is 0 Å². The third-order valence-corrected chi connectivity index (χ3v) is 3.78. The highest BCUT2D eigenvalue weighted by molar-refractivity contribution is 6.00. The van der Waals surface area contributed by atoms with Gasteiger partial charge in [0.15, 0.2) is 5.82 Å². The Balaban J connectivity index is 2.39. The average Bonchev–Trinajstić information content (AvgIpc) is 2.78. The molecule has 0 aliphatic carbocycles. The molecule has 4 N–H and O–H groups in total. The van der Waals surface area contributed by atoms with E-state index in [1.165, 1.54) is 12.1 Å². The Hall–Kier alpha value is -2.40. The molecule has 3 aromatic rings. The van der Waals surface area contributed by atoms with Crippen LogP contribution in [-0.2, 0) is 5.60 Å². The van der Waals surface area contributed by atoms with Crippen molar-refractivity contribution in [2.45, 2.75) is 26.4 Å². The lowest BCUT2D eigenvalue weighted by molar-refractivity contribution is 0.0791. The number of H-pyrrole nitrogens is 1. The summed E-state index contributed by atoms with van der Waals surface area (Å²) in [6, 6.07) is 8.26. The molecule has 22 heavy (non-hydrogen) atoms. The van der Waals surface area contributed by atoms with E-state index in [2.05, 4.69) is 10.2 Å².